The van der Waals surface area contributed by atoms with Crippen molar-refractivity contribution in [3.63, 3.8) is 0 Å². The summed E-state index contributed by atoms with van der Waals surface area (Å²) in [7, 11) is 0. The van der Waals surface area contributed by atoms with E-state index in [0.29, 0.717) is 5.37 Å². The predicted molar refractivity (Wildman–Crippen MR) is 63.8 cm³/mol. The molecule has 2 aliphatic rings. The van der Waals surface area contributed by atoms with Crippen molar-refractivity contribution in [2.45, 2.75) is 11.8 Å². The lowest BCUT2D eigenvalue weighted by Crippen LogP contribution is -2.48. The third-order valence-corrected chi connectivity index (χ3v) is 3.90. The van der Waals surface area contributed by atoms with Gasteiger partial charge in [0.1, 0.15) is 0 Å². The number of allylic oxidation sites excluding steroid dienone is 2. The molecular weight excluding hydrogens is 297 g/mol. The van der Waals surface area contributed by atoms with E-state index in [0.717, 1.165) is 16.6 Å². The molecule has 2 rings (SSSR count). The molecule has 70 valence electrons. The third kappa shape index (κ3) is 1.93. The van der Waals surface area contributed by atoms with Crippen molar-refractivity contribution >= 4 is 40.3 Å². The fourth-order valence-electron chi connectivity index (χ4n) is 1.39. The van der Waals surface area contributed by atoms with E-state index >= 15 is 0 Å². The van der Waals surface area contributed by atoms with Gasteiger partial charge < -0.3 is 4.90 Å². The van der Waals surface area contributed by atoms with Gasteiger partial charge in [-0.2, -0.15) is 0 Å². The summed E-state index contributed by atoms with van der Waals surface area (Å²) in [5.74, 6) is 1.30. The highest BCUT2D eigenvalue weighted by Gasteiger charge is 2.37. The maximum absolute atomic E-state index is 11.1. The maximum Gasteiger partial charge on any atom is 0.230 e. The molecule has 0 N–H and O–H groups in total. The van der Waals surface area contributed by atoms with Gasteiger partial charge in [0, 0.05) is 16.4 Å². The molecule has 0 aromatic rings. The standard InChI is InChI=1S/C9H10INOS/c10-3-1-2-7-5-11-8(12)4-9(11)13-6-7/h1-2,5,9H,3-4,6H2/b2-1+/t9-/m0/s1. The summed E-state index contributed by atoms with van der Waals surface area (Å²) in [6.45, 7) is 0. The van der Waals surface area contributed by atoms with E-state index < -0.39 is 0 Å². The second-order valence-corrected chi connectivity index (χ2v) is 5.08. The van der Waals surface area contributed by atoms with Crippen LogP contribution < -0.4 is 0 Å². The fourth-order valence-corrected chi connectivity index (χ4v) is 2.80. The van der Waals surface area contributed by atoms with Crippen molar-refractivity contribution < 1.29 is 4.79 Å². The van der Waals surface area contributed by atoms with Crippen LogP contribution in [0.3, 0.4) is 0 Å². The lowest BCUT2D eigenvalue weighted by molar-refractivity contribution is -0.137. The lowest BCUT2D eigenvalue weighted by atomic mass is 10.2. The van der Waals surface area contributed by atoms with Gasteiger partial charge in [-0.3, -0.25) is 4.79 Å². The molecule has 0 aliphatic carbocycles. The van der Waals surface area contributed by atoms with Gasteiger partial charge in [-0.1, -0.05) is 34.7 Å². The summed E-state index contributed by atoms with van der Waals surface area (Å²) in [5, 5.41) is 0.434. The fraction of sp³-hybridized carbons (Fsp3) is 0.444. The molecule has 0 aromatic heterocycles. The normalized spacial score (nSPS) is 27.2. The number of rotatable bonds is 2. The average Bonchev–Trinajstić information content (AvgIpc) is 2.14. The number of halogens is 1. The topological polar surface area (TPSA) is 20.3 Å². The highest BCUT2D eigenvalue weighted by molar-refractivity contribution is 14.1. The Morgan fingerprint density at radius 2 is 2.62 bits per heavy atom. The number of carbonyl (C=O) groups is 1. The summed E-state index contributed by atoms with van der Waals surface area (Å²) in [6.07, 6.45) is 6.96. The smallest absolute Gasteiger partial charge is 0.230 e. The van der Waals surface area contributed by atoms with E-state index in [1.54, 1.807) is 0 Å². The lowest BCUT2D eigenvalue weighted by Gasteiger charge is -2.40. The third-order valence-electron chi connectivity index (χ3n) is 2.12. The number of thioether (sulfide) groups is 1. The van der Waals surface area contributed by atoms with E-state index in [1.165, 1.54) is 5.57 Å². The van der Waals surface area contributed by atoms with Gasteiger partial charge >= 0.3 is 0 Å². The summed E-state index contributed by atoms with van der Waals surface area (Å²) in [5.41, 5.74) is 1.26. The van der Waals surface area contributed by atoms with Gasteiger partial charge in [0.25, 0.3) is 0 Å². The van der Waals surface area contributed by atoms with Crippen molar-refractivity contribution in [1.82, 2.24) is 4.90 Å². The Labute approximate surface area is 95.6 Å². The first-order valence-corrected chi connectivity index (χ1v) is 6.74. The molecular formula is C9H10INOS. The quantitative estimate of drug-likeness (QED) is 0.443. The molecule has 2 heterocycles. The van der Waals surface area contributed by atoms with E-state index in [4.69, 9.17) is 0 Å². The number of carbonyl (C=O) groups excluding carboxylic acids is 1. The highest BCUT2D eigenvalue weighted by Crippen LogP contribution is 2.35. The van der Waals surface area contributed by atoms with Crippen LogP contribution in [0.25, 0.3) is 0 Å². The van der Waals surface area contributed by atoms with Gasteiger partial charge in [-0.05, 0) is 5.57 Å². The molecule has 0 radical (unpaired) electrons. The van der Waals surface area contributed by atoms with Crippen LogP contribution >= 0.6 is 34.4 Å². The van der Waals surface area contributed by atoms with E-state index in [9.17, 15) is 4.79 Å². The average molecular weight is 307 g/mol. The number of fused-ring (bicyclic) bond motifs is 1. The zero-order valence-electron chi connectivity index (χ0n) is 7.07. The Kier molecular flexibility index (Phi) is 2.98. The first-order valence-electron chi connectivity index (χ1n) is 4.17. The van der Waals surface area contributed by atoms with E-state index in [1.807, 2.05) is 22.9 Å². The van der Waals surface area contributed by atoms with Crippen LogP contribution in [0, 0.1) is 0 Å². The van der Waals surface area contributed by atoms with Crippen molar-refractivity contribution in [3.8, 4) is 0 Å². The minimum Gasteiger partial charge on any atom is -0.306 e. The molecule has 0 spiro atoms. The zero-order chi connectivity index (χ0) is 9.26. The van der Waals surface area contributed by atoms with E-state index in [2.05, 4.69) is 34.7 Å². The Balaban J connectivity index is 2.05. The van der Waals surface area contributed by atoms with Gasteiger partial charge in [-0.25, -0.2) is 0 Å². The largest absolute Gasteiger partial charge is 0.306 e. The SMILES string of the molecule is O=C1C[C@@H]2SCC(/C=C/CI)=CN12. The summed E-state index contributed by atoms with van der Waals surface area (Å²) in [6, 6.07) is 0. The monoisotopic (exact) mass is 307 g/mol. The minimum atomic E-state index is 0.262. The number of hydrogen-bond acceptors (Lipinski definition) is 2. The highest BCUT2D eigenvalue weighted by atomic mass is 127. The second-order valence-electron chi connectivity index (χ2n) is 3.03. The number of nitrogens with zero attached hydrogens (tertiary/aromatic N) is 1. The molecule has 2 nitrogen and oxygen atoms in total. The Morgan fingerprint density at radius 3 is 3.31 bits per heavy atom. The molecule has 0 aromatic carbocycles. The zero-order valence-corrected chi connectivity index (χ0v) is 10.0. The molecule has 13 heavy (non-hydrogen) atoms. The first kappa shape index (κ1) is 9.58. The van der Waals surface area contributed by atoms with Crippen LogP contribution in [-0.4, -0.2) is 26.4 Å². The molecule has 1 atom stereocenters. The van der Waals surface area contributed by atoms with Crippen LogP contribution in [0.2, 0.25) is 0 Å². The number of β-lactam (4-membered cyclic amide) rings is 1. The van der Waals surface area contributed by atoms with Crippen LogP contribution in [0.4, 0.5) is 0 Å². The number of hydrogen-bond donors (Lipinski definition) is 0. The molecule has 0 saturated carbocycles. The van der Waals surface area contributed by atoms with Gasteiger partial charge in [0.15, 0.2) is 0 Å². The van der Waals surface area contributed by atoms with Crippen LogP contribution in [0.5, 0.6) is 0 Å². The molecule has 1 saturated heterocycles. The van der Waals surface area contributed by atoms with Crippen LogP contribution in [-0.2, 0) is 4.79 Å². The summed E-state index contributed by atoms with van der Waals surface area (Å²) in [4.78, 5) is 13.0. The second kappa shape index (κ2) is 4.04. The molecule has 4 heteroatoms. The molecule has 1 fully saturated rings. The van der Waals surface area contributed by atoms with Gasteiger partial charge in [-0.15, -0.1) is 11.8 Å². The molecule has 2 aliphatic heterocycles. The van der Waals surface area contributed by atoms with Gasteiger partial charge in [0.2, 0.25) is 5.91 Å². The van der Waals surface area contributed by atoms with Crippen molar-refractivity contribution in [2.24, 2.45) is 0 Å². The molecule has 0 unspecified atom stereocenters. The maximum atomic E-state index is 11.1. The Hall–Kier alpha value is 0.0300. The van der Waals surface area contributed by atoms with Crippen molar-refractivity contribution in [1.29, 1.82) is 0 Å². The summed E-state index contributed by atoms with van der Waals surface area (Å²) < 4.78 is 1.02. The molecule has 0 bridgehead atoms. The van der Waals surface area contributed by atoms with Crippen molar-refractivity contribution in [3.05, 3.63) is 23.9 Å². The van der Waals surface area contributed by atoms with Crippen LogP contribution in [0.15, 0.2) is 23.9 Å². The van der Waals surface area contributed by atoms with Crippen molar-refractivity contribution in [2.75, 3.05) is 10.2 Å². The number of amides is 1. The minimum absolute atomic E-state index is 0.262. The van der Waals surface area contributed by atoms with Crippen LogP contribution in [0.1, 0.15) is 6.42 Å². The Bertz CT molecular complexity index is 287. The summed E-state index contributed by atoms with van der Waals surface area (Å²) >= 11 is 4.17. The first-order chi connectivity index (χ1) is 6.31. The van der Waals surface area contributed by atoms with E-state index in [-0.39, 0.29) is 5.91 Å². The predicted octanol–water partition coefficient (Wildman–Crippen LogP) is 2.17. The molecule has 1 amide bonds. The van der Waals surface area contributed by atoms with Gasteiger partial charge in [0.05, 0.1) is 11.8 Å². The Morgan fingerprint density at radius 1 is 1.77 bits per heavy atom. The number of alkyl halides is 1.